The summed E-state index contributed by atoms with van der Waals surface area (Å²) in [5.74, 6) is 0.126. The van der Waals surface area contributed by atoms with Gasteiger partial charge in [-0.1, -0.05) is 27.5 Å². The molecule has 5 N–H and O–H groups in total. The maximum Gasteiger partial charge on any atom is 0.274 e. The number of nitrogens with zero attached hydrogens (tertiary/aromatic N) is 4. The molecular weight excluding hydrogens is 536 g/mol. The molecule has 0 radical (unpaired) electrons. The Morgan fingerprint density at radius 2 is 2.00 bits per heavy atom. The average Bonchev–Trinajstić information content (AvgIpc) is 2.92. The van der Waals surface area contributed by atoms with Crippen LogP contribution in [0.5, 0.6) is 0 Å². The number of carbonyl (C=O) groups excluding carboxylic acids is 1. The first kappa shape index (κ1) is 20.6. The summed E-state index contributed by atoms with van der Waals surface area (Å²) in [5, 5.41) is 2.67. The van der Waals surface area contributed by atoms with E-state index >= 15 is 0 Å². The number of nitrogen functional groups attached to an aromatic ring is 2. The summed E-state index contributed by atoms with van der Waals surface area (Å²) >= 11 is 9.26. The highest BCUT2D eigenvalue weighted by atomic mass is 127. The third-order valence-corrected chi connectivity index (χ3v) is 4.40. The number of halogens is 3. The predicted molar refractivity (Wildman–Crippen MR) is 116 cm³/mol. The zero-order chi connectivity index (χ0) is 18.1. The lowest BCUT2D eigenvalue weighted by Crippen LogP contribution is -2.27. The van der Waals surface area contributed by atoms with E-state index in [0.29, 0.717) is 6.54 Å². The first-order valence-corrected chi connectivity index (χ1v) is 8.59. The van der Waals surface area contributed by atoms with Crippen LogP contribution in [0.25, 0.3) is 11.0 Å². The van der Waals surface area contributed by atoms with Crippen molar-refractivity contribution >= 4 is 80.1 Å². The van der Waals surface area contributed by atoms with Crippen molar-refractivity contribution in [2.24, 2.45) is 0 Å². The summed E-state index contributed by atoms with van der Waals surface area (Å²) < 4.78 is 2.98. The van der Waals surface area contributed by atoms with Gasteiger partial charge in [0.1, 0.15) is 5.82 Å². The Kier molecular flexibility index (Phi) is 6.64. The molecule has 0 spiro atoms. The largest absolute Gasteiger partial charge is 0.382 e. The molecule has 11 heteroatoms. The Bertz CT molecular complexity index is 978. The number of anilines is 2. The first-order chi connectivity index (χ1) is 11.9. The fraction of sp³-hybridized carbons (Fsp3) is 0.200. The van der Waals surface area contributed by atoms with Crippen molar-refractivity contribution in [2.45, 2.75) is 20.0 Å². The molecular formula is C15H16BrClIN7O. The minimum absolute atomic E-state index is 0. The van der Waals surface area contributed by atoms with Crippen LogP contribution in [-0.4, -0.2) is 25.4 Å². The molecule has 1 aromatic carbocycles. The van der Waals surface area contributed by atoms with Gasteiger partial charge in [0.05, 0.1) is 17.6 Å². The maximum absolute atomic E-state index is 12.3. The van der Waals surface area contributed by atoms with Gasteiger partial charge in [-0.25, -0.2) is 15.0 Å². The van der Waals surface area contributed by atoms with Gasteiger partial charge in [-0.15, -0.1) is 24.0 Å². The molecule has 3 rings (SSSR count). The summed E-state index contributed by atoms with van der Waals surface area (Å²) in [5.41, 5.74) is 13.0. The first-order valence-electron chi connectivity index (χ1n) is 7.42. The highest BCUT2D eigenvalue weighted by Crippen LogP contribution is 2.21. The van der Waals surface area contributed by atoms with Gasteiger partial charge in [0.2, 0.25) is 0 Å². The number of carbonyl (C=O) groups is 1. The smallest absolute Gasteiger partial charge is 0.274 e. The van der Waals surface area contributed by atoms with E-state index in [4.69, 9.17) is 23.1 Å². The second kappa shape index (κ2) is 8.35. The second-order valence-corrected chi connectivity index (χ2v) is 6.50. The topological polar surface area (TPSA) is 125 Å². The zero-order valence-electron chi connectivity index (χ0n) is 13.7. The second-order valence-electron chi connectivity index (χ2n) is 5.22. The fourth-order valence-corrected chi connectivity index (χ4v) is 2.96. The van der Waals surface area contributed by atoms with Crippen LogP contribution in [0.15, 0.2) is 22.7 Å². The van der Waals surface area contributed by atoms with Gasteiger partial charge in [-0.3, -0.25) is 4.79 Å². The van der Waals surface area contributed by atoms with Gasteiger partial charge in [0, 0.05) is 11.0 Å². The number of nitrogens with two attached hydrogens (primary N) is 2. The van der Waals surface area contributed by atoms with Crippen LogP contribution >= 0.6 is 51.5 Å². The number of amides is 1. The van der Waals surface area contributed by atoms with E-state index in [2.05, 4.69) is 36.2 Å². The van der Waals surface area contributed by atoms with Gasteiger partial charge in [0.25, 0.3) is 5.91 Å². The van der Waals surface area contributed by atoms with Crippen LogP contribution in [0.2, 0.25) is 5.15 Å². The number of aromatic nitrogens is 4. The zero-order valence-corrected chi connectivity index (χ0v) is 18.3. The van der Waals surface area contributed by atoms with Gasteiger partial charge < -0.3 is 21.4 Å². The number of aryl methyl sites for hydroxylation is 1. The quantitative estimate of drug-likeness (QED) is 0.428. The molecule has 26 heavy (non-hydrogen) atoms. The molecule has 1 amide bonds. The molecule has 2 heterocycles. The fourth-order valence-electron chi connectivity index (χ4n) is 2.49. The summed E-state index contributed by atoms with van der Waals surface area (Å²) in [7, 11) is 0. The minimum Gasteiger partial charge on any atom is -0.382 e. The van der Waals surface area contributed by atoms with E-state index < -0.39 is 5.91 Å². The number of fused-ring (bicyclic) bond motifs is 1. The average molecular weight is 553 g/mol. The Balaban J connectivity index is 0.00000243. The number of hydrogen-bond acceptors (Lipinski definition) is 6. The highest BCUT2D eigenvalue weighted by molar-refractivity contribution is 14.0. The standard InChI is InChI=1S/C15H15BrClN7O.HI/c1-2-24-9-5-7(16)3-4-8(9)21-10(24)6-20-15(25)11-13(18)23-14(19)12(17)22-11;/h3-5H,2,6H2,1H3,(H,20,25)(H4,18,19,23);1H. The third kappa shape index (κ3) is 4.01. The monoisotopic (exact) mass is 551 g/mol. The van der Waals surface area contributed by atoms with Crippen LogP contribution in [0, 0.1) is 0 Å². The van der Waals surface area contributed by atoms with Crippen molar-refractivity contribution in [3.8, 4) is 0 Å². The normalized spacial score (nSPS) is 10.6. The van der Waals surface area contributed by atoms with Crippen molar-refractivity contribution in [3.05, 3.63) is 39.3 Å². The molecule has 0 aliphatic heterocycles. The summed E-state index contributed by atoms with van der Waals surface area (Å²) in [6.45, 7) is 2.94. The van der Waals surface area contributed by atoms with Gasteiger partial charge in [-0.2, -0.15) is 0 Å². The molecule has 0 aliphatic carbocycles. The molecule has 0 bridgehead atoms. The van der Waals surface area contributed by atoms with E-state index in [1.807, 2.05) is 29.7 Å². The molecule has 0 atom stereocenters. The molecule has 0 saturated heterocycles. The molecule has 0 aliphatic rings. The Morgan fingerprint density at radius 3 is 2.69 bits per heavy atom. The molecule has 2 aromatic heterocycles. The van der Waals surface area contributed by atoms with Crippen molar-refractivity contribution in [1.82, 2.24) is 24.8 Å². The molecule has 3 aromatic rings. The van der Waals surface area contributed by atoms with Crippen molar-refractivity contribution in [3.63, 3.8) is 0 Å². The van der Waals surface area contributed by atoms with Crippen molar-refractivity contribution in [1.29, 1.82) is 0 Å². The van der Waals surface area contributed by atoms with Crippen molar-refractivity contribution < 1.29 is 4.79 Å². The van der Waals surface area contributed by atoms with Gasteiger partial charge in [-0.05, 0) is 25.1 Å². The lowest BCUT2D eigenvalue weighted by molar-refractivity contribution is 0.0945. The molecule has 0 unspecified atom stereocenters. The van der Waals surface area contributed by atoms with E-state index in [9.17, 15) is 4.79 Å². The minimum atomic E-state index is -0.497. The van der Waals surface area contributed by atoms with E-state index in [1.165, 1.54) is 0 Å². The Hall–Kier alpha value is -1.66. The number of imidazole rings is 1. The summed E-state index contributed by atoms with van der Waals surface area (Å²) in [4.78, 5) is 24.6. The van der Waals surface area contributed by atoms with Gasteiger partial charge in [0.15, 0.2) is 22.5 Å². The number of rotatable bonds is 4. The lowest BCUT2D eigenvalue weighted by Gasteiger charge is -2.09. The highest BCUT2D eigenvalue weighted by Gasteiger charge is 2.17. The number of benzene rings is 1. The van der Waals surface area contributed by atoms with Gasteiger partial charge >= 0.3 is 0 Å². The molecule has 138 valence electrons. The molecule has 0 fully saturated rings. The van der Waals surface area contributed by atoms with Crippen LogP contribution < -0.4 is 16.8 Å². The molecule has 0 saturated carbocycles. The SMILES string of the molecule is CCn1c(CNC(=O)c2nc(Cl)c(N)nc2N)nc2ccc(Br)cc21.I. The van der Waals surface area contributed by atoms with Crippen molar-refractivity contribution in [2.75, 3.05) is 11.5 Å². The Labute approximate surface area is 179 Å². The summed E-state index contributed by atoms with van der Waals surface area (Å²) in [6.07, 6.45) is 0. The maximum atomic E-state index is 12.3. The van der Waals surface area contributed by atoms with Crippen LogP contribution in [0.1, 0.15) is 23.2 Å². The summed E-state index contributed by atoms with van der Waals surface area (Å²) in [6, 6.07) is 5.82. The van der Waals surface area contributed by atoms with E-state index in [1.54, 1.807) is 0 Å². The number of hydrogen-bond donors (Lipinski definition) is 3. The predicted octanol–water partition coefficient (Wildman–Crippen LogP) is 2.97. The van der Waals surface area contributed by atoms with E-state index in [0.717, 1.165) is 21.3 Å². The van der Waals surface area contributed by atoms with E-state index in [-0.39, 0.29) is 53.0 Å². The third-order valence-electron chi connectivity index (χ3n) is 3.63. The van der Waals surface area contributed by atoms with Crippen LogP contribution in [0.4, 0.5) is 11.6 Å². The number of nitrogens with one attached hydrogen (secondary N) is 1. The molecule has 8 nitrogen and oxygen atoms in total. The lowest BCUT2D eigenvalue weighted by atomic mass is 10.3. The van der Waals surface area contributed by atoms with Crippen LogP contribution in [-0.2, 0) is 13.1 Å². The Morgan fingerprint density at radius 1 is 1.27 bits per heavy atom. The van der Waals surface area contributed by atoms with Crippen LogP contribution in [0.3, 0.4) is 0 Å².